The van der Waals surface area contributed by atoms with Gasteiger partial charge < -0.3 is 26.4 Å². The first kappa shape index (κ1) is 20.6. The van der Waals surface area contributed by atoms with E-state index in [0.29, 0.717) is 12.6 Å². The van der Waals surface area contributed by atoms with Gasteiger partial charge >= 0.3 is 0 Å². The molecular formula is C23H34N2O4. The predicted molar refractivity (Wildman–Crippen MR) is 111 cm³/mol. The Bertz CT molecular complexity index is 772. The number of primary amides is 1. The number of phenols is 1. The normalized spacial score (nSPS) is 35.1. The molecule has 0 radical (unpaired) electrons. The highest BCUT2D eigenvalue weighted by Crippen LogP contribution is 2.62. The second kappa shape index (κ2) is 7.89. The van der Waals surface area contributed by atoms with Gasteiger partial charge in [-0.3, -0.25) is 4.79 Å². The monoisotopic (exact) mass is 402 g/mol. The first-order valence-corrected chi connectivity index (χ1v) is 11.1. The first-order chi connectivity index (χ1) is 13.9. The van der Waals surface area contributed by atoms with Crippen molar-refractivity contribution in [2.75, 3.05) is 13.2 Å². The van der Waals surface area contributed by atoms with Crippen LogP contribution in [-0.4, -0.2) is 41.0 Å². The quantitative estimate of drug-likeness (QED) is 0.606. The molecular weight excluding hydrogens is 368 g/mol. The lowest BCUT2D eigenvalue weighted by Gasteiger charge is -2.61. The highest BCUT2D eigenvalue weighted by Gasteiger charge is 2.62. The summed E-state index contributed by atoms with van der Waals surface area (Å²) in [6, 6.07) is 3.57. The Kier molecular flexibility index (Phi) is 5.62. The molecule has 4 aliphatic rings. The second-order valence-electron chi connectivity index (χ2n) is 9.24. The fourth-order valence-electron chi connectivity index (χ4n) is 6.47. The van der Waals surface area contributed by atoms with E-state index >= 15 is 0 Å². The standard InChI is InChI=1S/C18H23NO3.C5H11NO/c19-16(21)13-6-5-11-10-12-4-3-8-17(14(11)15(13)20)7-1-2-9-18(12,17)22;6-4-5-2-1-3-7-5/h5-6,12,20,22H,1-4,7-10H2,(H2,19,21);5H,1-4,6H2/t12-,17+,18-;/m1./s1. The number of rotatable bonds is 2. The number of benzene rings is 1. The molecule has 1 aromatic rings. The summed E-state index contributed by atoms with van der Waals surface area (Å²) in [7, 11) is 0. The van der Waals surface area contributed by atoms with Crippen molar-refractivity contribution in [3.8, 4) is 5.75 Å². The fourth-order valence-corrected chi connectivity index (χ4v) is 6.47. The summed E-state index contributed by atoms with van der Waals surface area (Å²) < 4.78 is 5.18. The van der Waals surface area contributed by atoms with Crippen LogP contribution in [0.1, 0.15) is 79.3 Å². The summed E-state index contributed by atoms with van der Waals surface area (Å²) in [5.74, 6) is -0.312. The van der Waals surface area contributed by atoms with Crippen LogP contribution in [0.15, 0.2) is 12.1 Å². The Morgan fingerprint density at radius 3 is 2.55 bits per heavy atom. The van der Waals surface area contributed by atoms with Gasteiger partial charge in [-0.15, -0.1) is 0 Å². The molecule has 6 nitrogen and oxygen atoms in total. The number of amides is 1. The third-order valence-corrected chi connectivity index (χ3v) is 7.83. The van der Waals surface area contributed by atoms with Crippen LogP contribution in [0.2, 0.25) is 0 Å². The Labute approximate surface area is 172 Å². The summed E-state index contributed by atoms with van der Waals surface area (Å²) in [5.41, 5.74) is 11.7. The maximum Gasteiger partial charge on any atom is 0.252 e. The molecule has 2 saturated carbocycles. The molecule has 0 spiro atoms. The predicted octanol–water partition coefficient (Wildman–Crippen LogP) is 2.51. The largest absolute Gasteiger partial charge is 0.507 e. The summed E-state index contributed by atoms with van der Waals surface area (Å²) >= 11 is 0. The van der Waals surface area contributed by atoms with Crippen LogP contribution < -0.4 is 11.5 Å². The number of hydrogen-bond acceptors (Lipinski definition) is 5. The van der Waals surface area contributed by atoms with Crippen molar-refractivity contribution in [3.05, 3.63) is 28.8 Å². The van der Waals surface area contributed by atoms with E-state index in [-0.39, 0.29) is 17.2 Å². The molecule has 3 aliphatic carbocycles. The summed E-state index contributed by atoms with van der Waals surface area (Å²) in [5, 5.41) is 22.3. The Morgan fingerprint density at radius 2 is 1.90 bits per heavy atom. The smallest absolute Gasteiger partial charge is 0.252 e. The van der Waals surface area contributed by atoms with E-state index in [4.69, 9.17) is 16.2 Å². The molecule has 4 atom stereocenters. The van der Waals surface area contributed by atoms with E-state index in [9.17, 15) is 15.0 Å². The van der Waals surface area contributed by atoms with Gasteiger partial charge in [0.2, 0.25) is 0 Å². The van der Waals surface area contributed by atoms with Crippen molar-refractivity contribution in [2.24, 2.45) is 17.4 Å². The van der Waals surface area contributed by atoms with Crippen molar-refractivity contribution in [3.63, 3.8) is 0 Å². The molecule has 1 aliphatic heterocycles. The van der Waals surface area contributed by atoms with Crippen LogP contribution in [0.5, 0.6) is 5.75 Å². The third kappa shape index (κ3) is 3.25. The van der Waals surface area contributed by atoms with Crippen LogP contribution in [0.4, 0.5) is 0 Å². The van der Waals surface area contributed by atoms with Crippen LogP contribution in [0.25, 0.3) is 0 Å². The number of nitrogens with two attached hydrogens (primary N) is 2. The SMILES string of the molecule is NC(=O)c1ccc2c(c1O)[C@@]13CCCC[C@@]1(O)[C@H](CCC3)C2.NCC1CCCO1. The van der Waals surface area contributed by atoms with Gasteiger partial charge in [0.15, 0.2) is 0 Å². The zero-order valence-electron chi connectivity index (χ0n) is 17.2. The fraction of sp³-hybridized carbons (Fsp3) is 0.696. The van der Waals surface area contributed by atoms with Crippen LogP contribution >= 0.6 is 0 Å². The van der Waals surface area contributed by atoms with Gasteiger partial charge in [-0.05, 0) is 62.5 Å². The maximum absolute atomic E-state index is 11.6. The Morgan fingerprint density at radius 1 is 1.14 bits per heavy atom. The van der Waals surface area contributed by atoms with E-state index in [1.54, 1.807) is 6.07 Å². The van der Waals surface area contributed by atoms with E-state index < -0.39 is 16.9 Å². The van der Waals surface area contributed by atoms with Crippen molar-refractivity contribution in [1.29, 1.82) is 0 Å². The lowest BCUT2D eigenvalue weighted by Crippen LogP contribution is -2.63. The molecule has 1 heterocycles. The minimum Gasteiger partial charge on any atom is -0.507 e. The summed E-state index contributed by atoms with van der Waals surface area (Å²) in [4.78, 5) is 11.6. The molecule has 1 unspecified atom stereocenters. The van der Waals surface area contributed by atoms with Crippen LogP contribution in [0.3, 0.4) is 0 Å². The summed E-state index contributed by atoms with van der Waals surface area (Å²) in [6.07, 6.45) is 10.3. The zero-order chi connectivity index (χ0) is 20.6. The van der Waals surface area contributed by atoms with Crippen molar-refractivity contribution >= 4 is 5.91 Å². The van der Waals surface area contributed by atoms with Gasteiger partial charge in [0.25, 0.3) is 5.91 Å². The first-order valence-electron chi connectivity index (χ1n) is 11.1. The Balaban J connectivity index is 0.000000249. The number of fused-ring (bicyclic) bond motifs is 1. The van der Waals surface area contributed by atoms with Crippen LogP contribution in [0, 0.1) is 5.92 Å². The van der Waals surface area contributed by atoms with Gasteiger partial charge in [-0.25, -0.2) is 0 Å². The number of aliphatic hydroxyl groups is 1. The zero-order valence-corrected chi connectivity index (χ0v) is 17.2. The number of ether oxygens (including phenoxy) is 1. The Hall–Kier alpha value is -1.63. The van der Waals surface area contributed by atoms with Crippen LogP contribution in [-0.2, 0) is 16.6 Å². The van der Waals surface area contributed by atoms with Gasteiger partial charge in [-0.1, -0.05) is 25.3 Å². The molecule has 2 bridgehead atoms. The third-order valence-electron chi connectivity index (χ3n) is 7.83. The van der Waals surface area contributed by atoms with Gasteiger partial charge in [0, 0.05) is 24.1 Å². The minimum atomic E-state index is -0.732. The molecule has 6 heteroatoms. The molecule has 6 N–H and O–H groups in total. The highest BCUT2D eigenvalue weighted by molar-refractivity contribution is 5.96. The lowest BCUT2D eigenvalue weighted by atomic mass is 9.46. The highest BCUT2D eigenvalue weighted by atomic mass is 16.5. The molecule has 1 amide bonds. The molecule has 1 saturated heterocycles. The van der Waals surface area contributed by atoms with Crippen molar-refractivity contribution in [1.82, 2.24) is 0 Å². The number of aromatic hydroxyl groups is 1. The average molecular weight is 403 g/mol. The molecule has 5 rings (SSSR count). The second-order valence-corrected chi connectivity index (χ2v) is 9.24. The van der Waals surface area contributed by atoms with E-state index in [0.717, 1.165) is 75.5 Å². The molecule has 160 valence electrons. The summed E-state index contributed by atoms with van der Waals surface area (Å²) in [6.45, 7) is 1.61. The average Bonchev–Trinajstić information content (AvgIpc) is 3.21. The molecule has 1 aromatic carbocycles. The van der Waals surface area contributed by atoms with Gasteiger partial charge in [0.05, 0.1) is 17.3 Å². The van der Waals surface area contributed by atoms with E-state index in [1.165, 1.54) is 6.42 Å². The van der Waals surface area contributed by atoms with E-state index in [1.807, 2.05) is 6.07 Å². The maximum atomic E-state index is 11.6. The number of carbonyl (C=O) groups is 1. The molecule has 0 aromatic heterocycles. The van der Waals surface area contributed by atoms with E-state index in [2.05, 4.69) is 0 Å². The van der Waals surface area contributed by atoms with Gasteiger partial charge in [0.1, 0.15) is 5.75 Å². The van der Waals surface area contributed by atoms with Crippen molar-refractivity contribution in [2.45, 2.75) is 81.3 Å². The number of carbonyl (C=O) groups excluding carboxylic acids is 1. The topological polar surface area (TPSA) is 119 Å². The molecule has 29 heavy (non-hydrogen) atoms. The minimum absolute atomic E-state index is 0.0191. The van der Waals surface area contributed by atoms with Gasteiger partial charge in [-0.2, -0.15) is 0 Å². The molecule has 3 fully saturated rings. The van der Waals surface area contributed by atoms with Crippen molar-refractivity contribution < 1.29 is 19.7 Å². The number of hydrogen-bond donors (Lipinski definition) is 4. The lowest BCUT2D eigenvalue weighted by molar-refractivity contribution is -0.146.